The highest BCUT2D eigenvalue weighted by Crippen LogP contribution is 2.25. The van der Waals surface area contributed by atoms with Crippen LogP contribution in [0.5, 0.6) is 0 Å². The van der Waals surface area contributed by atoms with Gasteiger partial charge in [0.25, 0.3) is 5.91 Å². The summed E-state index contributed by atoms with van der Waals surface area (Å²) >= 11 is 0. The van der Waals surface area contributed by atoms with Crippen LogP contribution in [0.15, 0.2) is 30.3 Å². The number of benzene rings is 1. The Hall–Kier alpha value is -1.96. The maximum atomic E-state index is 13.0. The smallest absolute Gasteiger partial charge is 0.327 e. The molecule has 7 heteroatoms. The Morgan fingerprint density at radius 3 is 2.46 bits per heavy atom. The third-order valence-corrected chi connectivity index (χ3v) is 5.35. The predicted molar refractivity (Wildman–Crippen MR) is 94.7 cm³/mol. The van der Waals surface area contributed by atoms with E-state index in [2.05, 4.69) is 4.90 Å². The lowest BCUT2D eigenvalue weighted by Crippen LogP contribution is -2.51. The summed E-state index contributed by atoms with van der Waals surface area (Å²) in [6, 6.07) is 9.25. The van der Waals surface area contributed by atoms with Gasteiger partial charge in [0.2, 0.25) is 0 Å². The Balaban J connectivity index is 1.56. The number of carbonyl (C=O) groups excluding carboxylic acids is 2. The first-order valence-corrected chi connectivity index (χ1v) is 9.29. The summed E-state index contributed by atoms with van der Waals surface area (Å²) in [6.45, 7) is 5.02. The first-order valence-electron chi connectivity index (χ1n) is 9.29. The van der Waals surface area contributed by atoms with E-state index in [9.17, 15) is 9.59 Å². The summed E-state index contributed by atoms with van der Waals surface area (Å²) in [5.74, 6) is -0.121. The molecule has 0 saturated carbocycles. The summed E-state index contributed by atoms with van der Waals surface area (Å²) in [4.78, 5) is 31.4. The van der Waals surface area contributed by atoms with Gasteiger partial charge < -0.3 is 14.4 Å². The molecule has 3 aliphatic heterocycles. The lowest BCUT2D eigenvalue weighted by Gasteiger charge is -2.34. The number of morpholine rings is 2. The molecular weight excluding hydrogens is 334 g/mol. The number of nitrogens with zero attached hydrogens (tertiary/aromatic N) is 3. The van der Waals surface area contributed by atoms with Crippen LogP contribution in [-0.4, -0.2) is 91.3 Å². The van der Waals surface area contributed by atoms with E-state index in [0.717, 1.165) is 18.7 Å². The number of rotatable bonds is 5. The fourth-order valence-electron chi connectivity index (χ4n) is 3.97. The highest BCUT2D eigenvalue weighted by atomic mass is 16.5. The van der Waals surface area contributed by atoms with Gasteiger partial charge in [0.05, 0.1) is 32.5 Å². The van der Waals surface area contributed by atoms with Crippen LogP contribution in [0.2, 0.25) is 0 Å². The maximum Gasteiger partial charge on any atom is 0.327 e. The fourth-order valence-corrected chi connectivity index (χ4v) is 3.97. The molecule has 140 valence electrons. The zero-order valence-electron chi connectivity index (χ0n) is 14.9. The average molecular weight is 359 g/mol. The van der Waals surface area contributed by atoms with Crippen molar-refractivity contribution in [3.63, 3.8) is 0 Å². The molecule has 4 rings (SSSR count). The highest BCUT2D eigenvalue weighted by molar-refractivity contribution is 6.04. The van der Waals surface area contributed by atoms with Gasteiger partial charge in [0.15, 0.2) is 0 Å². The van der Waals surface area contributed by atoms with Crippen LogP contribution < -0.4 is 0 Å². The van der Waals surface area contributed by atoms with Gasteiger partial charge in [-0.3, -0.25) is 14.6 Å². The van der Waals surface area contributed by atoms with Gasteiger partial charge in [-0.05, 0) is 12.0 Å². The minimum absolute atomic E-state index is 0.121. The van der Waals surface area contributed by atoms with Crippen molar-refractivity contribution in [2.45, 2.75) is 18.5 Å². The molecule has 3 saturated heterocycles. The van der Waals surface area contributed by atoms with E-state index in [-0.39, 0.29) is 18.0 Å². The molecule has 0 N–H and O–H groups in total. The zero-order valence-corrected chi connectivity index (χ0v) is 14.9. The number of hydrogen-bond donors (Lipinski definition) is 0. The van der Waals surface area contributed by atoms with Gasteiger partial charge in [0, 0.05) is 26.2 Å². The van der Waals surface area contributed by atoms with Crippen molar-refractivity contribution < 1.29 is 19.1 Å². The SMILES string of the molecule is O=C1[C@@H]2COCCN2C(=O)N1[C@H](Cc1ccccc1)CN1CCOCC1. The molecule has 3 amide bonds. The molecule has 7 nitrogen and oxygen atoms in total. The van der Waals surface area contributed by atoms with E-state index in [4.69, 9.17) is 9.47 Å². The van der Waals surface area contributed by atoms with Crippen LogP contribution in [0.25, 0.3) is 0 Å². The largest absolute Gasteiger partial charge is 0.379 e. The van der Waals surface area contributed by atoms with Gasteiger partial charge >= 0.3 is 6.03 Å². The number of urea groups is 1. The number of carbonyl (C=O) groups is 2. The molecule has 2 atom stereocenters. The van der Waals surface area contributed by atoms with Crippen LogP contribution in [0, 0.1) is 0 Å². The van der Waals surface area contributed by atoms with E-state index in [1.54, 1.807) is 4.90 Å². The Morgan fingerprint density at radius 2 is 1.73 bits per heavy atom. The molecule has 1 aromatic carbocycles. The summed E-state index contributed by atoms with van der Waals surface area (Å²) in [5, 5.41) is 0. The Bertz CT molecular complexity index is 623. The molecule has 0 spiro atoms. The lowest BCUT2D eigenvalue weighted by molar-refractivity contribution is -0.133. The van der Waals surface area contributed by atoms with E-state index in [0.29, 0.717) is 45.9 Å². The van der Waals surface area contributed by atoms with Crippen LogP contribution >= 0.6 is 0 Å². The topological polar surface area (TPSA) is 62.3 Å². The van der Waals surface area contributed by atoms with Crippen LogP contribution in [0.1, 0.15) is 5.56 Å². The van der Waals surface area contributed by atoms with Gasteiger partial charge in [0.1, 0.15) is 6.04 Å². The molecule has 3 aliphatic rings. The first kappa shape index (κ1) is 17.5. The van der Waals surface area contributed by atoms with Gasteiger partial charge in [-0.1, -0.05) is 30.3 Å². The van der Waals surface area contributed by atoms with Crippen molar-refractivity contribution in [1.29, 1.82) is 0 Å². The molecule has 0 aromatic heterocycles. The third-order valence-electron chi connectivity index (χ3n) is 5.35. The van der Waals surface area contributed by atoms with Crippen molar-refractivity contribution in [1.82, 2.24) is 14.7 Å². The van der Waals surface area contributed by atoms with Crippen LogP contribution in [0.4, 0.5) is 4.79 Å². The second-order valence-electron chi connectivity index (χ2n) is 7.03. The van der Waals surface area contributed by atoms with Gasteiger partial charge in [-0.15, -0.1) is 0 Å². The Kier molecular flexibility index (Phi) is 5.19. The minimum atomic E-state index is -0.459. The number of amides is 3. The standard InChI is InChI=1S/C19H25N3O4/c23-18-17-14-26-11-8-21(17)19(24)22(18)16(12-15-4-2-1-3-5-15)13-20-6-9-25-10-7-20/h1-5,16-17H,6-14H2/t16-,17+/m1/s1. The number of fused-ring (bicyclic) bond motifs is 1. The molecular formula is C19H25N3O4. The van der Waals surface area contributed by atoms with Crippen molar-refractivity contribution >= 4 is 11.9 Å². The molecule has 0 unspecified atom stereocenters. The molecule has 26 heavy (non-hydrogen) atoms. The summed E-state index contributed by atoms with van der Waals surface area (Å²) < 4.78 is 10.9. The second-order valence-corrected chi connectivity index (χ2v) is 7.03. The normalized spacial score (nSPS) is 25.5. The van der Waals surface area contributed by atoms with E-state index < -0.39 is 6.04 Å². The summed E-state index contributed by atoms with van der Waals surface area (Å²) in [5.41, 5.74) is 1.13. The molecule has 3 fully saturated rings. The van der Waals surface area contributed by atoms with Crippen molar-refractivity contribution in [3.8, 4) is 0 Å². The number of imide groups is 1. The molecule has 0 bridgehead atoms. The van der Waals surface area contributed by atoms with Crippen LogP contribution in [0.3, 0.4) is 0 Å². The third kappa shape index (κ3) is 3.47. The first-order chi connectivity index (χ1) is 12.7. The van der Waals surface area contributed by atoms with E-state index in [1.165, 1.54) is 4.90 Å². The Labute approximate surface area is 153 Å². The zero-order chi connectivity index (χ0) is 17.9. The van der Waals surface area contributed by atoms with Crippen molar-refractivity contribution in [2.75, 3.05) is 52.6 Å². The average Bonchev–Trinajstić information content (AvgIpc) is 2.94. The van der Waals surface area contributed by atoms with E-state index in [1.807, 2.05) is 30.3 Å². The van der Waals surface area contributed by atoms with Crippen LogP contribution in [-0.2, 0) is 20.7 Å². The monoisotopic (exact) mass is 359 g/mol. The molecule has 1 aromatic rings. The highest BCUT2D eigenvalue weighted by Gasteiger charge is 2.49. The quantitative estimate of drug-likeness (QED) is 0.721. The second kappa shape index (κ2) is 7.73. The van der Waals surface area contributed by atoms with Gasteiger partial charge in [-0.2, -0.15) is 0 Å². The molecule has 3 heterocycles. The summed E-state index contributed by atoms with van der Waals surface area (Å²) in [6.07, 6.45) is 0.664. The predicted octanol–water partition coefficient (Wildman–Crippen LogP) is 0.593. The Morgan fingerprint density at radius 1 is 1.00 bits per heavy atom. The minimum Gasteiger partial charge on any atom is -0.379 e. The lowest BCUT2D eigenvalue weighted by atomic mass is 10.0. The van der Waals surface area contributed by atoms with E-state index >= 15 is 0 Å². The van der Waals surface area contributed by atoms with Crippen molar-refractivity contribution in [2.24, 2.45) is 0 Å². The summed E-state index contributed by atoms with van der Waals surface area (Å²) in [7, 11) is 0. The molecule has 0 radical (unpaired) electrons. The maximum absolute atomic E-state index is 13.0. The van der Waals surface area contributed by atoms with Gasteiger partial charge in [-0.25, -0.2) is 4.79 Å². The number of hydrogen-bond acceptors (Lipinski definition) is 5. The van der Waals surface area contributed by atoms with Crippen molar-refractivity contribution in [3.05, 3.63) is 35.9 Å². The number of ether oxygens (including phenoxy) is 2. The molecule has 0 aliphatic carbocycles. The fraction of sp³-hybridized carbons (Fsp3) is 0.579.